The number of amides is 1. The molecule has 0 unspecified atom stereocenters. The van der Waals surface area contributed by atoms with Crippen LogP contribution in [0.4, 0.5) is 0 Å². The molecule has 0 spiro atoms. The summed E-state index contributed by atoms with van der Waals surface area (Å²) in [6.07, 6.45) is 9.76. The minimum Gasteiger partial charge on any atom is -0.394 e. The Balaban J connectivity index is 1.71. The first-order chi connectivity index (χ1) is 15.0. The summed E-state index contributed by atoms with van der Waals surface area (Å²) in [6.45, 7) is 7.63. The number of hydrogen-bond donors (Lipinski definition) is 1. The molecule has 1 fully saturated rings. The van der Waals surface area contributed by atoms with E-state index >= 15 is 0 Å². The Morgan fingerprint density at radius 1 is 1.26 bits per heavy atom. The van der Waals surface area contributed by atoms with E-state index in [1.54, 1.807) is 4.68 Å². The molecule has 0 saturated heterocycles. The van der Waals surface area contributed by atoms with Gasteiger partial charge in [0.05, 0.1) is 31.6 Å². The molecule has 1 aromatic rings. The number of nitrogens with zero attached hydrogens (tertiary/aromatic N) is 5. The lowest BCUT2D eigenvalue weighted by Gasteiger charge is -2.36. The summed E-state index contributed by atoms with van der Waals surface area (Å²) >= 11 is 0. The predicted octanol–water partition coefficient (Wildman–Crippen LogP) is 2.31. The zero-order chi connectivity index (χ0) is 22.2. The van der Waals surface area contributed by atoms with Crippen LogP contribution in [0, 0.1) is 11.8 Å². The van der Waals surface area contributed by atoms with Crippen molar-refractivity contribution in [3.8, 4) is 0 Å². The topological polar surface area (TPSA) is 83.7 Å². The van der Waals surface area contributed by atoms with Gasteiger partial charge in [-0.05, 0) is 39.2 Å². The van der Waals surface area contributed by atoms with Crippen LogP contribution >= 0.6 is 0 Å². The van der Waals surface area contributed by atoms with E-state index in [2.05, 4.69) is 29.2 Å². The van der Waals surface area contributed by atoms with Gasteiger partial charge < -0.3 is 19.6 Å². The van der Waals surface area contributed by atoms with Gasteiger partial charge in [0.15, 0.2) is 0 Å². The second-order valence-corrected chi connectivity index (χ2v) is 9.71. The van der Waals surface area contributed by atoms with Crippen LogP contribution in [-0.4, -0.2) is 81.2 Å². The second kappa shape index (κ2) is 11.9. The van der Waals surface area contributed by atoms with Gasteiger partial charge in [0.25, 0.3) is 0 Å². The van der Waals surface area contributed by atoms with E-state index in [1.807, 2.05) is 18.0 Å². The number of carbonyl (C=O) groups is 1. The lowest BCUT2D eigenvalue weighted by molar-refractivity contribution is -0.136. The molecule has 1 amide bonds. The van der Waals surface area contributed by atoms with Gasteiger partial charge in [0.2, 0.25) is 5.91 Å². The van der Waals surface area contributed by atoms with Crippen molar-refractivity contribution in [2.45, 2.75) is 84.1 Å². The molecule has 1 N–H and O–H groups in total. The summed E-state index contributed by atoms with van der Waals surface area (Å²) in [5, 5.41) is 18.1. The Kier molecular flexibility index (Phi) is 9.29. The van der Waals surface area contributed by atoms with Gasteiger partial charge in [-0.1, -0.05) is 31.4 Å². The van der Waals surface area contributed by atoms with Crippen molar-refractivity contribution in [3.63, 3.8) is 0 Å². The average Bonchev–Trinajstić information content (AvgIpc) is 3.22. The predicted molar refractivity (Wildman–Crippen MR) is 119 cm³/mol. The summed E-state index contributed by atoms with van der Waals surface area (Å²) in [5.41, 5.74) is 0.832. The fourth-order valence-corrected chi connectivity index (χ4v) is 4.89. The smallest absolute Gasteiger partial charge is 0.222 e. The van der Waals surface area contributed by atoms with Crippen molar-refractivity contribution in [2.24, 2.45) is 11.8 Å². The highest BCUT2D eigenvalue weighted by Gasteiger charge is 2.28. The monoisotopic (exact) mass is 435 g/mol. The summed E-state index contributed by atoms with van der Waals surface area (Å²) in [5.74, 6) is 1.00. The standard InChI is InChI=1S/C23H41N5O3/c1-18-12-28(19(2)16-29)23(30)10-7-11-27-14-21(24-25-27)17-31-22(18)15-26(3)13-20-8-5-4-6-9-20/h14,18-20,22,29H,4-13,15-17H2,1-3H3/t18-,19-,22-/m0/s1. The summed E-state index contributed by atoms with van der Waals surface area (Å²) in [4.78, 5) is 17.2. The maximum atomic E-state index is 12.9. The molecule has 176 valence electrons. The zero-order valence-corrected chi connectivity index (χ0v) is 19.6. The first kappa shape index (κ1) is 24.1. The average molecular weight is 436 g/mol. The first-order valence-electron chi connectivity index (χ1n) is 12.1. The number of aromatic nitrogens is 3. The maximum absolute atomic E-state index is 12.9. The van der Waals surface area contributed by atoms with E-state index in [0.29, 0.717) is 32.5 Å². The van der Waals surface area contributed by atoms with Crippen LogP contribution in [0.15, 0.2) is 6.20 Å². The minimum absolute atomic E-state index is 0.0271. The van der Waals surface area contributed by atoms with Crippen LogP contribution in [0.1, 0.15) is 64.5 Å². The van der Waals surface area contributed by atoms with Crippen LogP contribution in [0.3, 0.4) is 0 Å². The Morgan fingerprint density at radius 3 is 2.77 bits per heavy atom. The molecule has 8 nitrogen and oxygen atoms in total. The van der Waals surface area contributed by atoms with Crippen LogP contribution in [0.25, 0.3) is 0 Å². The van der Waals surface area contributed by atoms with Gasteiger partial charge in [-0.2, -0.15) is 0 Å². The molecule has 3 rings (SSSR count). The molecule has 31 heavy (non-hydrogen) atoms. The number of aryl methyl sites for hydroxylation is 1. The number of ether oxygens (including phenoxy) is 1. The number of likely N-dealkylation sites (N-methyl/N-ethyl adjacent to an activating group) is 1. The molecule has 1 aliphatic carbocycles. The van der Waals surface area contributed by atoms with Crippen molar-refractivity contribution in [1.29, 1.82) is 0 Å². The fraction of sp³-hybridized carbons (Fsp3) is 0.870. The molecule has 2 bridgehead atoms. The Hall–Kier alpha value is -1.51. The molecule has 2 aliphatic rings. The van der Waals surface area contributed by atoms with Crippen molar-refractivity contribution >= 4 is 5.91 Å². The first-order valence-corrected chi connectivity index (χ1v) is 12.1. The summed E-state index contributed by atoms with van der Waals surface area (Å²) in [7, 11) is 2.18. The molecule has 0 aromatic carbocycles. The summed E-state index contributed by atoms with van der Waals surface area (Å²) < 4.78 is 8.15. The molecule has 1 saturated carbocycles. The van der Waals surface area contributed by atoms with Gasteiger partial charge in [-0.15, -0.1) is 5.10 Å². The lowest BCUT2D eigenvalue weighted by Crippen LogP contribution is -2.47. The fourth-order valence-electron chi connectivity index (χ4n) is 4.89. The molecule has 2 heterocycles. The Morgan fingerprint density at radius 2 is 2.03 bits per heavy atom. The summed E-state index contributed by atoms with van der Waals surface area (Å²) in [6, 6.07) is -0.196. The largest absolute Gasteiger partial charge is 0.394 e. The third-order valence-electron chi connectivity index (χ3n) is 6.83. The molecular weight excluding hydrogens is 394 g/mol. The third-order valence-corrected chi connectivity index (χ3v) is 6.83. The number of carbonyl (C=O) groups excluding carboxylic acids is 1. The second-order valence-electron chi connectivity index (χ2n) is 9.71. The minimum atomic E-state index is -0.196. The van der Waals surface area contributed by atoms with Crippen LogP contribution in [0.2, 0.25) is 0 Å². The molecular formula is C23H41N5O3. The highest BCUT2D eigenvalue weighted by Crippen LogP contribution is 2.25. The van der Waals surface area contributed by atoms with Crippen LogP contribution < -0.4 is 0 Å². The Labute approximate surface area is 186 Å². The van der Waals surface area contributed by atoms with Gasteiger partial charge >= 0.3 is 0 Å². The van der Waals surface area contributed by atoms with Crippen molar-refractivity contribution < 1.29 is 14.6 Å². The molecule has 1 aliphatic heterocycles. The van der Waals surface area contributed by atoms with Gasteiger partial charge in [0, 0.05) is 38.5 Å². The molecule has 1 aromatic heterocycles. The van der Waals surface area contributed by atoms with Gasteiger partial charge in [0.1, 0.15) is 5.69 Å². The van der Waals surface area contributed by atoms with Crippen LogP contribution in [-0.2, 0) is 22.7 Å². The number of aliphatic hydroxyl groups excluding tert-OH is 1. The highest BCUT2D eigenvalue weighted by atomic mass is 16.5. The quantitative estimate of drug-likeness (QED) is 0.738. The van der Waals surface area contributed by atoms with E-state index in [0.717, 1.165) is 24.7 Å². The zero-order valence-electron chi connectivity index (χ0n) is 19.6. The lowest BCUT2D eigenvalue weighted by atomic mass is 9.89. The van der Waals surface area contributed by atoms with Crippen molar-refractivity contribution in [3.05, 3.63) is 11.9 Å². The normalized spacial score (nSPS) is 25.7. The number of hydrogen-bond acceptors (Lipinski definition) is 6. The van der Waals surface area contributed by atoms with E-state index in [4.69, 9.17) is 4.74 Å². The third kappa shape index (κ3) is 7.26. The van der Waals surface area contributed by atoms with E-state index in [9.17, 15) is 9.90 Å². The van der Waals surface area contributed by atoms with E-state index in [1.165, 1.54) is 32.1 Å². The Bertz CT molecular complexity index is 676. The number of aliphatic hydroxyl groups is 1. The molecule has 0 radical (unpaired) electrons. The molecule has 3 atom stereocenters. The maximum Gasteiger partial charge on any atom is 0.222 e. The molecule has 8 heteroatoms. The van der Waals surface area contributed by atoms with Gasteiger partial charge in [-0.3, -0.25) is 9.48 Å². The van der Waals surface area contributed by atoms with E-state index in [-0.39, 0.29) is 30.6 Å². The van der Waals surface area contributed by atoms with Gasteiger partial charge in [-0.25, -0.2) is 0 Å². The highest BCUT2D eigenvalue weighted by molar-refractivity contribution is 5.76. The van der Waals surface area contributed by atoms with Crippen molar-refractivity contribution in [1.82, 2.24) is 24.8 Å². The number of rotatable bonds is 6. The number of fused-ring (bicyclic) bond motifs is 2. The van der Waals surface area contributed by atoms with Crippen LogP contribution in [0.5, 0.6) is 0 Å². The van der Waals surface area contributed by atoms with E-state index < -0.39 is 0 Å². The van der Waals surface area contributed by atoms with Crippen molar-refractivity contribution in [2.75, 3.05) is 33.3 Å². The SMILES string of the molecule is C[C@H]1CN([C@@H](C)CO)C(=O)CCCn2cc(nn2)CO[C@H]1CN(C)CC1CCCCC1.